The van der Waals surface area contributed by atoms with E-state index in [1.54, 1.807) is 0 Å². The Morgan fingerprint density at radius 3 is 2.47 bits per heavy atom. The fraction of sp³-hybridized carbons (Fsp3) is 0.933. The van der Waals surface area contributed by atoms with Crippen LogP contribution in [0.2, 0.25) is 0 Å². The molecule has 4 heteroatoms. The zero-order valence-electron chi connectivity index (χ0n) is 12.3. The Bertz CT molecular complexity index is 282. The maximum atomic E-state index is 12.3. The van der Waals surface area contributed by atoms with E-state index >= 15 is 0 Å². The van der Waals surface area contributed by atoms with Crippen LogP contribution in [0.3, 0.4) is 0 Å². The maximum absolute atomic E-state index is 12.3. The number of halogens is 1. The standard InChI is InChI=1S/C15H27FO3/c1-15(2,3)19-14(18)13(9-11-6-7-11)12(10-17)5-4-8-16/h11-13,17H,4-10H2,1-3H3/t12-,13-/m0/s1. The molecule has 1 fully saturated rings. The molecule has 1 aliphatic carbocycles. The van der Waals surface area contributed by atoms with Gasteiger partial charge in [0.1, 0.15) is 5.60 Å². The predicted molar refractivity (Wildman–Crippen MR) is 72.5 cm³/mol. The van der Waals surface area contributed by atoms with Crippen LogP contribution in [0.15, 0.2) is 0 Å². The molecular weight excluding hydrogens is 247 g/mol. The Balaban J connectivity index is 2.64. The monoisotopic (exact) mass is 274 g/mol. The molecule has 1 N–H and O–H groups in total. The topological polar surface area (TPSA) is 46.5 Å². The molecule has 0 aromatic heterocycles. The van der Waals surface area contributed by atoms with Gasteiger partial charge < -0.3 is 9.84 Å². The Morgan fingerprint density at radius 2 is 2.05 bits per heavy atom. The van der Waals surface area contributed by atoms with Crippen molar-refractivity contribution >= 4 is 5.97 Å². The Hall–Kier alpha value is -0.640. The van der Waals surface area contributed by atoms with Gasteiger partial charge in [-0.1, -0.05) is 12.8 Å². The van der Waals surface area contributed by atoms with Crippen molar-refractivity contribution in [3.05, 3.63) is 0 Å². The first-order valence-corrected chi connectivity index (χ1v) is 7.27. The zero-order chi connectivity index (χ0) is 14.5. The summed E-state index contributed by atoms with van der Waals surface area (Å²) >= 11 is 0. The molecule has 0 aliphatic heterocycles. The van der Waals surface area contributed by atoms with Gasteiger partial charge >= 0.3 is 5.97 Å². The van der Waals surface area contributed by atoms with Crippen LogP contribution in [0, 0.1) is 17.8 Å². The van der Waals surface area contributed by atoms with Crippen LogP contribution in [0.1, 0.15) is 52.9 Å². The summed E-state index contributed by atoms with van der Waals surface area (Å²) in [5, 5.41) is 9.47. The molecule has 0 aromatic carbocycles. The van der Waals surface area contributed by atoms with Gasteiger partial charge in [0, 0.05) is 6.61 Å². The van der Waals surface area contributed by atoms with Crippen LogP contribution in [0.5, 0.6) is 0 Å². The van der Waals surface area contributed by atoms with Crippen LogP contribution in [-0.4, -0.2) is 30.0 Å². The van der Waals surface area contributed by atoms with Gasteiger partial charge in [-0.25, -0.2) is 0 Å². The molecule has 3 nitrogen and oxygen atoms in total. The van der Waals surface area contributed by atoms with Crippen molar-refractivity contribution in [2.45, 2.75) is 58.5 Å². The van der Waals surface area contributed by atoms with Gasteiger partial charge in [0.05, 0.1) is 12.6 Å². The summed E-state index contributed by atoms with van der Waals surface area (Å²) in [5.41, 5.74) is -0.515. The fourth-order valence-corrected chi connectivity index (χ4v) is 2.33. The molecule has 0 spiro atoms. The van der Waals surface area contributed by atoms with Crippen LogP contribution in [-0.2, 0) is 9.53 Å². The first-order chi connectivity index (χ1) is 8.87. The van der Waals surface area contributed by atoms with Gasteiger partial charge in [0.25, 0.3) is 0 Å². The van der Waals surface area contributed by atoms with Crippen LogP contribution in [0.4, 0.5) is 4.39 Å². The lowest BCUT2D eigenvalue weighted by Crippen LogP contribution is -2.34. The lowest BCUT2D eigenvalue weighted by molar-refractivity contribution is -0.163. The summed E-state index contributed by atoms with van der Waals surface area (Å²) in [6.45, 7) is 5.05. The number of carbonyl (C=O) groups is 1. The van der Waals surface area contributed by atoms with Gasteiger partial charge in [-0.2, -0.15) is 0 Å². The van der Waals surface area contributed by atoms with E-state index in [-0.39, 0.29) is 24.4 Å². The van der Waals surface area contributed by atoms with E-state index in [0.29, 0.717) is 18.8 Å². The summed E-state index contributed by atoms with van der Waals surface area (Å²) in [6, 6.07) is 0. The molecule has 19 heavy (non-hydrogen) atoms. The lowest BCUT2D eigenvalue weighted by atomic mass is 9.85. The van der Waals surface area contributed by atoms with E-state index < -0.39 is 12.3 Å². The molecule has 1 saturated carbocycles. The van der Waals surface area contributed by atoms with Gasteiger partial charge in [-0.3, -0.25) is 9.18 Å². The van der Waals surface area contributed by atoms with Gasteiger partial charge in [0.2, 0.25) is 0 Å². The Morgan fingerprint density at radius 1 is 1.42 bits per heavy atom. The molecule has 0 aromatic rings. The average Bonchev–Trinajstić information content (AvgIpc) is 3.10. The molecule has 0 bridgehead atoms. The third kappa shape index (κ3) is 6.37. The average molecular weight is 274 g/mol. The largest absolute Gasteiger partial charge is 0.460 e. The summed E-state index contributed by atoms with van der Waals surface area (Å²) in [6.07, 6.45) is 4.02. The number of alkyl halides is 1. The summed E-state index contributed by atoms with van der Waals surface area (Å²) < 4.78 is 17.8. The van der Waals surface area contributed by atoms with Gasteiger partial charge in [0.15, 0.2) is 0 Å². The molecular formula is C15H27FO3. The quantitative estimate of drug-likeness (QED) is 0.692. The second-order valence-electron chi connectivity index (χ2n) is 6.59. The van der Waals surface area contributed by atoms with E-state index in [0.717, 1.165) is 19.3 Å². The fourth-order valence-electron chi connectivity index (χ4n) is 2.33. The van der Waals surface area contributed by atoms with Crippen molar-refractivity contribution in [2.24, 2.45) is 17.8 Å². The number of aliphatic hydroxyl groups excluding tert-OH is 1. The van der Waals surface area contributed by atoms with E-state index in [9.17, 15) is 14.3 Å². The molecule has 0 heterocycles. The van der Waals surface area contributed by atoms with E-state index in [2.05, 4.69) is 0 Å². The first-order valence-electron chi connectivity index (χ1n) is 7.27. The normalized spacial score (nSPS) is 19.0. The van der Waals surface area contributed by atoms with Crippen LogP contribution >= 0.6 is 0 Å². The summed E-state index contributed by atoms with van der Waals surface area (Å²) in [7, 11) is 0. The smallest absolute Gasteiger partial charge is 0.309 e. The van der Waals surface area contributed by atoms with Crippen molar-refractivity contribution in [3.63, 3.8) is 0 Å². The molecule has 1 aliphatic rings. The third-order valence-corrected chi connectivity index (χ3v) is 3.51. The highest BCUT2D eigenvalue weighted by molar-refractivity contribution is 5.73. The highest BCUT2D eigenvalue weighted by atomic mass is 19.1. The van der Waals surface area contributed by atoms with Crippen molar-refractivity contribution < 1.29 is 19.0 Å². The van der Waals surface area contributed by atoms with Gasteiger partial charge in [-0.15, -0.1) is 0 Å². The number of ether oxygens (including phenoxy) is 1. The van der Waals surface area contributed by atoms with Crippen molar-refractivity contribution in [1.29, 1.82) is 0 Å². The van der Waals surface area contributed by atoms with Crippen molar-refractivity contribution in [3.8, 4) is 0 Å². The number of aliphatic hydroxyl groups is 1. The molecule has 0 amide bonds. The minimum Gasteiger partial charge on any atom is -0.460 e. The molecule has 0 unspecified atom stereocenters. The summed E-state index contributed by atoms with van der Waals surface area (Å²) in [4.78, 5) is 12.3. The predicted octanol–water partition coefficient (Wildman–Crippen LogP) is 3.10. The zero-order valence-corrected chi connectivity index (χ0v) is 12.3. The van der Waals surface area contributed by atoms with Crippen molar-refractivity contribution in [1.82, 2.24) is 0 Å². The molecule has 0 radical (unpaired) electrons. The third-order valence-electron chi connectivity index (χ3n) is 3.51. The summed E-state index contributed by atoms with van der Waals surface area (Å²) in [5.74, 6) is -0.122. The molecule has 2 atom stereocenters. The van der Waals surface area contributed by atoms with Crippen LogP contribution in [0.25, 0.3) is 0 Å². The molecule has 0 saturated heterocycles. The number of carbonyl (C=O) groups excluding carboxylic acids is 1. The SMILES string of the molecule is CC(C)(C)OC(=O)[C@@H](CC1CC1)[C@H](CO)CCCF. The second-order valence-corrected chi connectivity index (χ2v) is 6.59. The maximum Gasteiger partial charge on any atom is 0.309 e. The number of hydrogen-bond acceptors (Lipinski definition) is 3. The molecule has 112 valence electrons. The highest BCUT2D eigenvalue weighted by Gasteiger charge is 2.36. The minimum absolute atomic E-state index is 0.0728. The van der Waals surface area contributed by atoms with Gasteiger partial charge in [-0.05, 0) is 51.9 Å². The van der Waals surface area contributed by atoms with Crippen molar-refractivity contribution in [2.75, 3.05) is 13.3 Å². The Kier molecular flexibility index (Phi) is 6.24. The van der Waals surface area contributed by atoms with Crippen LogP contribution < -0.4 is 0 Å². The molecule has 1 rings (SSSR count). The second kappa shape index (κ2) is 7.22. The number of rotatable bonds is 8. The highest BCUT2D eigenvalue weighted by Crippen LogP contribution is 2.39. The van der Waals surface area contributed by atoms with E-state index in [4.69, 9.17) is 4.74 Å². The lowest BCUT2D eigenvalue weighted by Gasteiger charge is -2.28. The first kappa shape index (κ1) is 16.4. The van der Waals surface area contributed by atoms with E-state index in [1.165, 1.54) is 0 Å². The Labute approximate surface area is 115 Å². The minimum atomic E-state index is -0.515. The number of esters is 1. The van der Waals surface area contributed by atoms with E-state index in [1.807, 2.05) is 20.8 Å². The number of hydrogen-bond donors (Lipinski definition) is 1.